The van der Waals surface area contributed by atoms with Gasteiger partial charge in [0.2, 0.25) is 0 Å². The number of nitrogens with two attached hydrogens (primary N) is 1. The molecule has 0 amide bonds. The monoisotopic (exact) mass is 387 g/mol. The van der Waals surface area contributed by atoms with Crippen LogP contribution in [0.25, 0.3) is 0 Å². The molecule has 0 saturated heterocycles. The lowest BCUT2D eigenvalue weighted by Crippen LogP contribution is -2.08. The molecule has 0 fully saturated rings. The van der Waals surface area contributed by atoms with Crippen molar-refractivity contribution in [2.24, 2.45) is 0 Å². The van der Waals surface area contributed by atoms with Gasteiger partial charge in [-0.05, 0) is 52.4 Å². The van der Waals surface area contributed by atoms with Gasteiger partial charge >= 0.3 is 5.97 Å². The summed E-state index contributed by atoms with van der Waals surface area (Å²) in [5.74, 6) is -0.474. The molecule has 0 unspecified atom stereocenters. The number of ether oxygens (including phenoxy) is 1. The third-order valence-electron chi connectivity index (χ3n) is 2.56. The van der Waals surface area contributed by atoms with Crippen molar-refractivity contribution in [3.05, 3.63) is 62.2 Å². The minimum Gasteiger partial charge on any atom is -0.457 e. The molecule has 2 rings (SSSR count). The average Bonchev–Trinajstić information content (AvgIpc) is 2.41. The molecule has 19 heavy (non-hydrogen) atoms. The normalized spacial score (nSPS) is 10.2. The number of para-hydroxylation sites is 1. The van der Waals surface area contributed by atoms with Gasteiger partial charge in [0.05, 0.1) is 16.3 Å². The van der Waals surface area contributed by atoms with Crippen LogP contribution in [0.5, 0.6) is 0 Å². The second kappa shape index (κ2) is 6.25. The van der Waals surface area contributed by atoms with Gasteiger partial charge in [0.15, 0.2) is 0 Å². The van der Waals surface area contributed by atoms with Gasteiger partial charge in [0, 0.05) is 3.57 Å². The number of hydrogen-bond acceptors (Lipinski definition) is 3. The number of benzene rings is 2. The Morgan fingerprint density at radius 1 is 1.21 bits per heavy atom. The molecular weight excluding hydrogens is 377 g/mol. The molecule has 0 spiro atoms. The van der Waals surface area contributed by atoms with E-state index in [0.717, 1.165) is 9.13 Å². The van der Waals surface area contributed by atoms with Gasteiger partial charge in [-0.2, -0.15) is 0 Å². The van der Waals surface area contributed by atoms with E-state index in [0.29, 0.717) is 5.02 Å². The molecule has 0 saturated carbocycles. The number of halogens is 2. The quantitative estimate of drug-likeness (QED) is 0.494. The van der Waals surface area contributed by atoms with Crippen LogP contribution in [0.2, 0.25) is 5.02 Å². The van der Waals surface area contributed by atoms with Crippen molar-refractivity contribution < 1.29 is 9.53 Å². The minimum atomic E-state index is -0.474. The van der Waals surface area contributed by atoms with E-state index in [9.17, 15) is 4.79 Å². The summed E-state index contributed by atoms with van der Waals surface area (Å²) in [6, 6.07) is 12.6. The van der Waals surface area contributed by atoms with E-state index in [4.69, 9.17) is 22.1 Å². The first kappa shape index (κ1) is 14.1. The van der Waals surface area contributed by atoms with Crippen LogP contribution in [0.1, 0.15) is 15.9 Å². The van der Waals surface area contributed by atoms with E-state index in [1.54, 1.807) is 18.2 Å². The Morgan fingerprint density at radius 3 is 2.58 bits per heavy atom. The SMILES string of the molecule is Nc1c(Cl)cccc1C(=O)OCc1ccc(I)cc1. The van der Waals surface area contributed by atoms with E-state index in [1.807, 2.05) is 24.3 Å². The second-order valence-electron chi connectivity index (χ2n) is 3.90. The first-order chi connectivity index (χ1) is 9.08. The molecule has 0 atom stereocenters. The topological polar surface area (TPSA) is 52.3 Å². The Hall–Kier alpha value is -1.27. The van der Waals surface area contributed by atoms with Crippen molar-refractivity contribution in [2.45, 2.75) is 6.61 Å². The second-order valence-corrected chi connectivity index (χ2v) is 5.56. The number of hydrogen-bond donors (Lipinski definition) is 1. The predicted octanol–water partition coefficient (Wildman–Crippen LogP) is 3.88. The number of anilines is 1. The van der Waals surface area contributed by atoms with Crippen LogP contribution in [0.15, 0.2) is 42.5 Å². The van der Waals surface area contributed by atoms with Gasteiger partial charge in [-0.15, -0.1) is 0 Å². The van der Waals surface area contributed by atoms with Crippen molar-refractivity contribution in [2.75, 3.05) is 5.73 Å². The van der Waals surface area contributed by atoms with Gasteiger partial charge in [-0.1, -0.05) is 29.8 Å². The summed E-state index contributed by atoms with van der Waals surface area (Å²) in [6.07, 6.45) is 0. The number of esters is 1. The summed E-state index contributed by atoms with van der Waals surface area (Å²) in [4.78, 5) is 11.9. The standard InChI is InChI=1S/C14H11ClINO2/c15-12-3-1-2-11(13(12)17)14(18)19-8-9-4-6-10(16)7-5-9/h1-7H,8,17H2. The molecule has 0 aliphatic heterocycles. The van der Waals surface area contributed by atoms with E-state index < -0.39 is 5.97 Å². The van der Waals surface area contributed by atoms with Gasteiger partial charge in [0.25, 0.3) is 0 Å². The summed E-state index contributed by atoms with van der Waals surface area (Å²) in [5, 5.41) is 0.351. The highest BCUT2D eigenvalue weighted by molar-refractivity contribution is 14.1. The summed E-state index contributed by atoms with van der Waals surface area (Å²) in [7, 11) is 0. The zero-order valence-corrected chi connectivity index (χ0v) is 12.8. The van der Waals surface area contributed by atoms with Crippen LogP contribution in [-0.2, 0) is 11.3 Å². The van der Waals surface area contributed by atoms with Crippen molar-refractivity contribution in [3.63, 3.8) is 0 Å². The molecule has 0 bridgehead atoms. The van der Waals surface area contributed by atoms with Crippen molar-refractivity contribution in [3.8, 4) is 0 Å². The highest BCUT2D eigenvalue weighted by Crippen LogP contribution is 2.23. The van der Waals surface area contributed by atoms with Gasteiger partial charge < -0.3 is 10.5 Å². The van der Waals surface area contributed by atoms with E-state index in [1.165, 1.54) is 0 Å². The zero-order chi connectivity index (χ0) is 13.8. The molecule has 0 radical (unpaired) electrons. The van der Waals surface area contributed by atoms with Crippen molar-refractivity contribution >= 4 is 45.8 Å². The number of carbonyl (C=O) groups is 1. The number of carbonyl (C=O) groups excluding carboxylic acids is 1. The van der Waals surface area contributed by atoms with Crippen LogP contribution in [0, 0.1) is 3.57 Å². The fraction of sp³-hybridized carbons (Fsp3) is 0.0714. The fourth-order valence-corrected chi connectivity index (χ4v) is 2.06. The maximum absolute atomic E-state index is 11.9. The number of nitrogen functional groups attached to an aromatic ring is 1. The lowest BCUT2D eigenvalue weighted by atomic mass is 10.2. The van der Waals surface area contributed by atoms with Crippen molar-refractivity contribution in [1.29, 1.82) is 0 Å². The molecule has 2 N–H and O–H groups in total. The van der Waals surface area contributed by atoms with E-state index in [-0.39, 0.29) is 17.9 Å². The van der Waals surface area contributed by atoms with Gasteiger partial charge in [-0.3, -0.25) is 0 Å². The van der Waals surface area contributed by atoms with Crippen LogP contribution in [-0.4, -0.2) is 5.97 Å². The Labute approximate surface area is 129 Å². The molecule has 0 aliphatic carbocycles. The third kappa shape index (κ3) is 3.61. The fourth-order valence-electron chi connectivity index (χ4n) is 1.52. The lowest BCUT2D eigenvalue weighted by molar-refractivity contribution is 0.0474. The van der Waals surface area contributed by atoms with Crippen LogP contribution < -0.4 is 5.73 Å². The number of rotatable bonds is 3. The first-order valence-electron chi connectivity index (χ1n) is 5.53. The maximum Gasteiger partial charge on any atom is 0.340 e. The minimum absolute atomic E-state index is 0.210. The highest BCUT2D eigenvalue weighted by atomic mass is 127. The van der Waals surface area contributed by atoms with Crippen molar-refractivity contribution in [1.82, 2.24) is 0 Å². The molecule has 5 heteroatoms. The zero-order valence-electron chi connectivity index (χ0n) is 9.90. The lowest BCUT2D eigenvalue weighted by Gasteiger charge is -2.08. The molecule has 2 aromatic carbocycles. The molecule has 98 valence electrons. The van der Waals surface area contributed by atoms with Crippen LogP contribution >= 0.6 is 34.2 Å². The van der Waals surface area contributed by atoms with E-state index >= 15 is 0 Å². The van der Waals surface area contributed by atoms with Gasteiger partial charge in [-0.25, -0.2) is 4.79 Å². The summed E-state index contributed by atoms with van der Waals surface area (Å²) >= 11 is 8.08. The highest BCUT2D eigenvalue weighted by Gasteiger charge is 2.13. The summed E-state index contributed by atoms with van der Waals surface area (Å²) in [6.45, 7) is 0.210. The molecular formula is C14H11ClINO2. The Balaban J connectivity index is 2.05. The predicted molar refractivity (Wildman–Crippen MR) is 84.1 cm³/mol. The Morgan fingerprint density at radius 2 is 1.89 bits per heavy atom. The van der Waals surface area contributed by atoms with Gasteiger partial charge in [0.1, 0.15) is 6.61 Å². The average molecular weight is 388 g/mol. The maximum atomic E-state index is 11.9. The summed E-state index contributed by atoms with van der Waals surface area (Å²) < 4.78 is 6.34. The van der Waals surface area contributed by atoms with E-state index in [2.05, 4.69) is 22.6 Å². The summed E-state index contributed by atoms with van der Waals surface area (Å²) in [5.41, 5.74) is 7.20. The smallest absolute Gasteiger partial charge is 0.340 e. The third-order valence-corrected chi connectivity index (χ3v) is 3.60. The molecule has 3 nitrogen and oxygen atoms in total. The van der Waals surface area contributed by atoms with Crippen LogP contribution in [0.4, 0.5) is 5.69 Å². The molecule has 0 aliphatic rings. The first-order valence-corrected chi connectivity index (χ1v) is 6.99. The van der Waals surface area contributed by atoms with Crippen LogP contribution in [0.3, 0.4) is 0 Å². The Kier molecular flexibility index (Phi) is 4.66. The molecule has 0 aromatic heterocycles. The largest absolute Gasteiger partial charge is 0.457 e. The molecule has 0 heterocycles. The Bertz CT molecular complexity index is 599. The molecule has 2 aromatic rings.